The molecule has 1 heterocycles. The van der Waals surface area contributed by atoms with Crippen molar-refractivity contribution in [3.8, 4) is 5.75 Å². The van der Waals surface area contributed by atoms with Gasteiger partial charge in [-0.2, -0.15) is 0 Å². The molecule has 0 aliphatic carbocycles. The number of aromatic nitrogens is 1. The van der Waals surface area contributed by atoms with Gasteiger partial charge in [0.05, 0.1) is 7.11 Å². The van der Waals surface area contributed by atoms with Gasteiger partial charge in [-0.15, -0.1) is 0 Å². The number of methoxy groups -OCH3 is 1. The Morgan fingerprint density at radius 3 is 2.45 bits per heavy atom. The minimum Gasteiger partial charge on any atom is -0.497 e. The lowest BCUT2D eigenvalue weighted by Crippen LogP contribution is -2.33. The number of carbonyl (C=O) groups excluding carboxylic acids is 2. The van der Waals surface area contributed by atoms with Gasteiger partial charge in [-0.05, 0) is 68.7 Å². The third-order valence-corrected chi connectivity index (χ3v) is 5.50. The van der Waals surface area contributed by atoms with Crippen molar-refractivity contribution in [2.45, 2.75) is 39.7 Å². The van der Waals surface area contributed by atoms with E-state index in [-0.39, 0.29) is 11.8 Å². The van der Waals surface area contributed by atoms with Gasteiger partial charge >= 0.3 is 0 Å². The smallest absolute Gasteiger partial charge is 0.242 e. The average Bonchev–Trinajstić information content (AvgIpc) is 3.17. The number of ether oxygens (including phenoxy) is 1. The van der Waals surface area contributed by atoms with Crippen LogP contribution in [0.5, 0.6) is 5.75 Å². The average molecular weight is 422 g/mol. The van der Waals surface area contributed by atoms with Crippen LogP contribution in [0.15, 0.2) is 54.7 Å². The fourth-order valence-electron chi connectivity index (χ4n) is 3.71. The highest BCUT2D eigenvalue weighted by Gasteiger charge is 2.12. The topological polar surface area (TPSA) is 63.6 Å². The Labute approximate surface area is 183 Å². The Morgan fingerprint density at radius 1 is 1.03 bits per heavy atom. The van der Waals surface area contributed by atoms with Gasteiger partial charge < -0.3 is 19.5 Å². The van der Waals surface area contributed by atoms with E-state index in [9.17, 15) is 9.59 Å². The van der Waals surface area contributed by atoms with E-state index in [1.165, 1.54) is 5.56 Å². The fraction of sp³-hybridized carbons (Fsp3) is 0.360. The Kier molecular flexibility index (Phi) is 7.70. The monoisotopic (exact) mass is 421 g/mol. The zero-order valence-electron chi connectivity index (χ0n) is 18.6. The maximum atomic E-state index is 12.4. The third-order valence-electron chi connectivity index (χ3n) is 5.50. The van der Waals surface area contributed by atoms with Crippen molar-refractivity contribution >= 4 is 28.4 Å². The van der Waals surface area contributed by atoms with Crippen molar-refractivity contribution in [3.05, 3.63) is 60.3 Å². The van der Waals surface area contributed by atoms with Crippen LogP contribution in [-0.2, 0) is 22.6 Å². The second-order valence-electron chi connectivity index (χ2n) is 7.53. The maximum Gasteiger partial charge on any atom is 0.242 e. The molecule has 3 rings (SSSR count). The van der Waals surface area contributed by atoms with Crippen molar-refractivity contribution in [2.24, 2.45) is 0 Å². The van der Waals surface area contributed by atoms with Crippen LogP contribution in [0.4, 0.5) is 5.69 Å². The number of anilines is 1. The Balaban J connectivity index is 1.54. The van der Waals surface area contributed by atoms with E-state index in [1.807, 2.05) is 78.0 Å². The molecule has 6 nitrogen and oxygen atoms in total. The van der Waals surface area contributed by atoms with E-state index in [4.69, 9.17) is 4.74 Å². The van der Waals surface area contributed by atoms with Gasteiger partial charge in [0.15, 0.2) is 0 Å². The summed E-state index contributed by atoms with van der Waals surface area (Å²) < 4.78 is 7.12. The molecule has 0 fully saturated rings. The van der Waals surface area contributed by atoms with Crippen LogP contribution >= 0.6 is 0 Å². The molecule has 0 atom stereocenters. The van der Waals surface area contributed by atoms with Crippen molar-refractivity contribution in [1.29, 1.82) is 0 Å². The lowest BCUT2D eigenvalue weighted by atomic mass is 10.1. The van der Waals surface area contributed by atoms with Gasteiger partial charge in [0.1, 0.15) is 12.3 Å². The quantitative estimate of drug-likeness (QED) is 0.525. The van der Waals surface area contributed by atoms with Crippen LogP contribution in [0.25, 0.3) is 10.9 Å². The number of rotatable bonds is 10. The number of amides is 2. The standard InChI is InChI=1S/C25H31N3O3/c1-4-27(5-2)25(30)18-28-16-15-20-17-21(11-14-23(20)28)26-24(29)8-6-7-19-9-12-22(31-3)13-10-19/h9-17H,4-8,18H2,1-3H3,(H,26,29). The number of carbonyl (C=O) groups is 2. The zero-order valence-corrected chi connectivity index (χ0v) is 18.6. The molecule has 0 radical (unpaired) electrons. The summed E-state index contributed by atoms with van der Waals surface area (Å²) in [5.74, 6) is 0.948. The Hall–Kier alpha value is -3.28. The van der Waals surface area contributed by atoms with Crippen molar-refractivity contribution in [3.63, 3.8) is 0 Å². The summed E-state index contributed by atoms with van der Waals surface area (Å²) >= 11 is 0. The molecule has 6 heteroatoms. The summed E-state index contributed by atoms with van der Waals surface area (Å²) in [6.45, 7) is 5.72. The van der Waals surface area contributed by atoms with Crippen LogP contribution in [0.3, 0.4) is 0 Å². The summed E-state index contributed by atoms with van der Waals surface area (Å²) in [7, 11) is 1.65. The first kappa shape index (κ1) is 22.4. The lowest BCUT2D eigenvalue weighted by Gasteiger charge is -2.19. The number of benzene rings is 2. The number of fused-ring (bicyclic) bond motifs is 1. The third kappa shape index (κ3) is 5.87. The molecule has 0 unspecified atom stereocenters. The molecular formula is C25H31N3O3. The molecule has 2 amide bonds. The van der Waals surface area contributed by atoms with E-state index in [0.717, 1.165) is 35.2 Å². The van der Waals surface area contributed by atoms with Crippen LogP contribution < -0.4 is 10.1 Å². The largest absolute Gasteiger partial charge is 0.497 e. The first-order valence-electron chi connectivity index (χ1n) is 10.8. The van der Waals surface area contributed by atoms with Gasteiger partial charge in [0.2, 0.25) is 11.8 Å². The summed E-state index contributed by atoms with van der Waals surface area (Å²) in [5, 5.41) is 3.98. The lowest BCUT2D eigenvalue weighted by molar-refractivity contribution is -0.131. The molecule has 0 spiro atoms. The van der Waals surface area contributed by atoms with Gasteiger partial charge in [0, 0.05) is 42.3 Å². The molecule has 0 bridgehead atoms. The second-order valence-corrected chi connectivity index (χ2v) is 7.53. The summed E-state index contributed by atoms with van der Waals surface area (Å²) in [6, 6.07) is 15.7. The molecule has 2 aromatic carbocycles. The molecule has 164 valence electrons. The van der Waals surface area contributed by atoms with Gasteiger partial charge in [-0.25, -0.2) is 0 Å². The molecule has 0 aliphatic heterocycles. The first-order valence-corrected chi connectivity index (χ1v) is 10.8. The normalized spacial score (nSPS) is 10.8. The molecule has 1 N–H and O–H groups in total. The van der Waals surface area contributed by atoms with E-state index < -0.39 is 0 Å². The Morgan fingerprint density at radius 2 is 1.77 bits per heavy atom. The van der Waals surface area contributed by atoms with Gasteiger partial charge in [-0.1, -0.05) is 12.1 Å². The number of aryl methyl sites for hydroxylation is 1. The summed E-state index contributed by atoms with van der Waals surface area (Å²) in [6.07, 6.45) is 4.01. The number of likely N-dealkylation sites (N-methyl/N-ethyl adjacent to an activating group) is 1. The molecule has 0 saturated carbocycles. The molecule has 3 aromatic rings. The fourth-order valence-corrected chi connectivity index (χ4v) is 3.71. The maximum absolute atomic E-state index is 12.4. The van der Waals surface area contributed by atoms with Crippen molar-refractivity contribution < 1.29 is 14.3 Å². The second kappa shape index (κ2) is 10.7. The number of hydrogen-bond donors (Lipinski definition) is 1. The molecule has 0 saturated heterocycles. The zero-order chi connectivity index (χ0) is 22.2. The van der Waals surface area contributed by atoms with Crippen LogP contribution in [0.1, 0.15) is 32.3 Å². The van der Waals surface area contributed by atoms with Crippen molar-refractivity contribution in [2.75, 3.05) is 25.5 Å². The van der Waals surface area contributed by atoms with Crippen LogP contribution in [-0.4, -0.2) is 41.5 Å². The van der Waals surface area contributed by atoms with E-state index in [0.29, 0.717) is 26.1 Å². The summed E-state index contributed by atoms with van der Waals surface area (Å²) in [4.78, 5) is 26.6. The highest BCUT2D eigenvalue weighted by Crippen LogP contribution is 2.21. The SMILES string of the molecule is CCN(CC)C(=O)Cn1ccc2cc(NC(=O)CCCc3ccc(OC)cc3)ccc21. The number of nitrogens with zero attached hydrogens (tertiary/aromatic N) is 2. The van der Waals surface area contributed by atoms with E-state index >= 15 is 0 Å². The predicted molar refractivity (Wildman–Crippen MR) is 124 cm³/mol. The molecule has 31 heavy (non-hydrogen) atoms. The van der Waals surface area contributed by atoms with Crippen LogP contribution in [0.2, 0.25) is 0 Å². The summed E-state index contributed by atoms with van der Waals surface area (Å²) in [5.41, 5.74) is 2.95. The van der Waals surface area contributed by atoms with E-state index in [1.54, 1.807) is 7.11 Å². The predicted octanol–water partition coefficient (Wildman–Crippen LogP) is 4.48. The number of nitrogens with one attached hydrogen (secondary N) is 1. The van der Waals surface area contributed by atoms with E-state index in [2.05, 4.69) is 5.32 Å². The number of hydrogen-bond acceptors (Lipinski definition) is 3. The highest BCUT2D eigenvalue weighted by atomic mass is 16.5. The molecule has 0 aliphatic rings. The first-order chi connectivity index (χ1) is 15.0. The minimum absolute atomic E-state index is 0.00371. The highest BCUT2D eigenvalue weighted by molar-refractivity contribution is 5.94. The van der Waals surface area contributed by atoms with Gasteiger partial charge in [0.25, 0.3) is 0 Å². The Bertz CT molecular complexity index is 1020. The minimum atomic E-state index is 0.00371. The molecule has 1 aromatic heterocycles. The van der Waals surface area contributed by atoms with Crippen molar-refractivity contribution in [1.82, 2.24) is 9.47 Å². The van der Waals surface area contributed by atoms with Gasteiger partial charge in [-0.3, -0.25) is 9.59 Å². The molecular weight excluding hydrogens is 390 g/mol. The van der Waals surface area contributed by atoms with Crippen LogP contribution in [0, 0.1) is 0 Å².